The quantitative estimate of drug-likeness (QED) is 0.424. The second-order valence-corrected chi connectivity index (χ2v) is 12.2. The monoisotopic (exact) mass is 636 g/mol. The van der Waals surface area contributed by atoms with Gasteiger partial charge in [-0.25, -0.2) is 0 Å². The molecule has 0 aromatic heterocycles. The van der Waals surface area contributed by atoms with Crippen LogP contribution < -0.4 is 5.32 Å². The topological polar surface area (TPSA) is 88.6 Å². The summed E-state index contributed by atoms with van der Waals surface area (Å²) in [6.07, 6.45) is 8.00. The zero-order valence-electron chi connectivity index (χ0n) is 29.0. The van der Waals surface area contributed by atoms with Gasteiger partial charge in [-0.1, -0.05) is 76.2 Å². The number of fused-ring (bicyclic) bond motifs is 2. The molecule has 3 saturated heterocycles. The van der Waals surface area contributed by atoms with E-state index >= 15 is 0 Å². The van der Waals surface area contributed by atoms with E-state index < -0.39 is 6.10 Å². The summed E-state index contributed by atoms with van der Waals surface area (Å²) in [6.45, 7) is 17.1. The molecule has 0 radical (unpaired) electrons. The number of likely N-dealkylation sites (tertiary alicyclic amines) is 1. The zero-order valence-corrected chi connectivity index (χ0v) is 29.0. The summed E-state index contributed by atoms with van der Waals surface area (Å²) in [4.78, 5) is 28.8. The molecule has 2 unspecified atom stereocenters. The van der Waals surface area contributed by atoms with E-state index in [1.807, 2.05) is 32.6 Å². The maximum absolute atomic E-state index is 11.8. The number of aliphatic hydroxyl groups is 1. The van der Waals surface area contributed by atoms with E-state index in [-0.39, 0.29) is 11.8 Å². The third kappa shape index (κ3) is 13.1. The predicted octanol–water partition coefficient (Wildman–Crippen LogP) is 5.20. The van der Waals surface area contributed by atoms with Crippen molar-refractivity contribution in [3.05, 3.63) is 70.8 Å². The van der Waals surface area contributed by atoms with Gasteiger partial charge in [0.15, 0.2) is 0 Å². The zero-order chi connectivity index (χ0) is 33.1. The van der Waals surface area contributed by atoms with Crippen LogP contribution in [0, 0.1) is 0 Å². The number of rotatable bonds is 6. The number of amides is 2. The van der Waals surface area contributed by atoms with Crippen molar-refractivity contribution in [2.45, 2.75) is 104 Å². The molecule has 0 spiro atoms. The third-order valence-electron chi connectivity index (χ3n) is 8.76. The fraction of sp³-hybridized carbons (Fsp3) is 0.632. The SMILES string of the molecule is CC.CC.O=C1CCCCN1.O=C1CCCCN1CC(O)CN1CCc2ccccc2C1.c1ccc2c(c1)CCN(CC1CO1)C2. The van der Waals surface area contributed by atoms with Crippen LogP contribution in [0.5, 0.6) is 0 Å². The molecule has 0 saturated carbocycles. The van der Waals surface area contributed by atoms with Crippen molar-refractivity contribution in [2.75, 3.05) is 52.4 Å². The van der Waals surface area contributed by atoms with Crippen molar-refractivity contribution in [3.8, 4) is 0 Å². The molecule has 5 aliphatic heterocycles. The Labute approximate surface area is 278 Å². The van der Waals surface area contributed by atoms with Gasteiger partial charge in [-0.05, 0) is 60.8 Å². The lowest BCUT2D eigenvalue weighted by molar-refractivity contribution is -0.135. The van der Waals surface area contributed by atoms with Crippen LogP contribution in [0.1, 0.15) is 88.5 Å². The van der Waals surface area contributed by atoms with E-state index in [4.69, 9.17) is 4.74 Å². The molecule has 3 fully saturated rings. The average molecular weight is 637 g/mol. The smallest absolute Gasteiger partial charge is 0.222 e. The number of epoxide rings is 1. The summed E-state index contributed by atoms with van der Waals surface area (Å²) in [7, 11) is 0. The summed E-state index contributed by atoms with van der Waals surface area (Å²) < 4.78 is 5.26. The largest absolute Gasteiger partial charge is 0.390 e. The minimum atomic E-state index is -0.447. The first-order chi connectivity index (χ1) is 22.5. The number of carbonyl (C=O) groups is 2. The van der Waals surface area contributed by atoms with Crippen LogP contribution in [0.25, 0.3) is 0 Å². The number of ether oxygens (including phenoxy) is 1. The summed E-state index contributed by atoms with van der Waals surface area (Å²) in [5, 5.41) is 13.0. The molecule has 2 amide bonds. The number of piperidine rings is 2. The minimum absolute atomic E-state index is 0.198. The maximum Gasteiger partial charge on any atom is 0.222 e. The first-order valence-electron chi connectivity index (χ1n) is 18.0. The molecule has 2 atom stereocenters. The molecule has 0 aliphatic carbocycles. The highest BCUT2D eigenvalue weighted by Crippen LogP contribution is 2.21. The molecule has 2 aromatic carbocycles. The van der Waals surface area contributed by atoms with E-state index in [9.17, 15) is 14.7 Å². The first kappa shape index (κ1) is 37.7. The van der Waals surface area contributed by atoms with Gasteiger partial charge in [0.05, 0.1) is 18.8 Å². The lowest BCUT2D eigenvalue weighted by Crippen LogP contribution is -2.45. The normalized spacial score (nSPS) is 21.1. The van der Waals surface area contributed by atoms with Gasteiger partial charge in [0.2, 0.25) is 11.8 Å². The van der Waals surface area contributed by atoms with Crippen molar-refractivity contribution >= 4 is 11.8 Å². The van der Waals surface area contributed by atoms with E-state index in [1.54, 1.807) is 0 Å². The van der Waals surface area contributed by atoms with Gasteiger partial charge in [-0.15, -0.1) is 0 Å². The number of hydrogen-bond acceptors (Lipinski definition) is 6. The van der Waals surface area contributed by atoms with Gasteiger partial charge in [-0.2, -0.15) is 0 Å². The standard InChI is InChI=1S/C17H24N2O2.C12H15NO.C5H9NO.2C2H6/c20-16(13-19-9-4-3-7-17(19)21)12-18-10-8-14-5-1-2-6-15(14)11-18;1-2-4-11-7-13(8-12-9-14-12)6-5-10(11)3-1;7-5-3-1-2-4-6-5;2*1-2/h1-2,5-6,16,20H,3-4,7-13H2;1-4,12H,5-9H2;1-4H2,(H,6,7);2*1-2H3. The molecule has 2 aromatic rings. The van der Waals surface area contributed by atoms with Crippen LogP contribution in [-0.4, -0.2) is 96.2 Å². The van der Waals surface area contributed by atoms with Crippen LogP contribution in [0.4, 0.5) is 0 Å². The first-order valence-corrected chi connectivity index (χ1v) is 18.0. The average Bonchev–Trinajstić information content (AvgIpc) is 3.92. The molecular weight excluding hydrogens is 576 g/mol. The molecular formula is C38H60N4O4. The Morgan fingerprint density at radius 3 is 1.83 bits per heavy atom. The maximum atomic E-state index is 11.8. The Morgan fingerprint density at radius 1 is 0.739 bits per heavy atom. The van der Waals surface area contributed by atoms with E-state index in [1.165, 1.54) is 35.2 Å². The Hall–Kier alpha value is -2.78. The second-order valence-electron chi connectivity index (χ2n) is 12.2. The summed E-state index contributed by atoms with van der Waals surface area (Å²) in [5.74, 6) is 0.413. The van der Waals surface area contributed by atoms with Gasteiger partial charge in [-0.3, -0.25) is 19.4 Å². The lowest BCUT2D eigenvalue weighted by atomic mass is 9.99. The highest BCUT2D eigenvalue weighted by Gasteiger charge is 2.27. The lowest BCUT2D eigenvalue weighted by Gasteiger charge is -2.33. The van der Waals surface area contributed by atoms with E-state index in [2.05, 4.69) is 63.6 Å². The number of β-amino-alcohol motifs (C(OH)–C–C–N with tert-alkyl or cyclic N) is 1. The highest BCUT2D eigenvalue weighted by atomic mass is 16.6. The van der Waals surface area contributed by atoms with Gasteiger partial charge < -0.3 is 20.1 Å². The van der Waals surface area contributed by atoms with Gasteiger partial charge >= 0.3 is 0 Å². The van der Waals surface area contributed by atoms with Gasteiger partial charge in [0, 0.05) is 71.7 Å². The second kappa shape index (κ2) is 21.2. The van der Waals surface area contributed by atoms with Crippen molar-refractivity contribution in [2.24, 2.45) is 0 Å². The van der Waals surface area contributed by atoms with Crippen LogP contribution in [0.2, 0.25) is 0 Å². The van der Waals surface area contributed by atoms with Gasteiger partial charge in [0.25, 0.3) is 0 Å². The fourth-order valence-corrected chi connectivity index (χ4v) is 6.27. The van der Waals surface area contributed by atoms with Crippen molar-refractivity contribution in [1.29, 1.82) is 0 Å². The molecule has 0 bridgehead atoms. The summed E-state index contributed by atoms with van der Waals surface area (Å²) in [6, 6.07) is 17.3. The Morgan fingerprint density at radius 2 is 1.30 bits per heavy atom. The Kier molecular flexibility index (Phi) is 17.3. The van der Waals surface area contributed by atoms with E-state index in [0.717, 1.165) is 84.4 Å². The van der Waals surface area contributed by atoms with Crippen molar-refractivity contribution in [1.82, 2.24) is 20.0 Å². The number of carbonyl (C=O) groups excluding carboxylic acids is 2. The number of benzene rings is 2. The Balaban J connectivity index is 0.000000197. The highest BCUT2D eigenvalue weighted by molar-refractivity contribution is 5.77. The number of aliphatic hydroxyl groups excluding tert-OH is 1. The van der Waals surface area contributed by atoms with Crippen LogP contribution >= 0.6 is 0 Å². The van der Waals surface area contributed by atoms with Crippen LogP contribution in [-0.2, 0) is 40.3 Å². The van der Waals surface area contributed by atoms with Crippen molar-refractivity contribution in [3.63, 3.8) is 0 Å². The number of hydrogen-bond donors (Lipinski definition) is 2. The van der Waals surface area contributed by atoms with Crippen molar-refractivity contribution < 1.29 is 19.4 Å². The summed E-state index contributed by atoms with van der Waals surface area (Å²) >= 11 is 0. The molecule has 5 heterocycles. The minimum Gasteiger partial charge on any atom is -0.390 e. The van der Waals surface area contributed by atoms with E-state index in [0.29, 0.717) is 25.6 Å². The van der Waals surface area contributed by atoms with Crippen LogP contribution in [0.15, 0.2) is 48.5 Å². The summed E-state index contributed by atoms with van der Waals surface area (Å²) in [5.41, 5.74) is 5.82. The number of nitrogens with one attached hydrogen (secondary N) is 1. The molecule has 8 heteroatoms. The number of nitrogens with zero attached hydrogens (tertiary/aromatic N) is 3. The molecule has 7 rings (SSSR count). The molecule has 5 aliphatic rings. The molecule has 256 valence electrons. The third-order valence-corrected chi connectivity index (χ3v) is 8.76. The molecule has 46 heavy (non-hydrogen) atoms. The van der Waals surface area contributed by atoms with Gasteiger partial charge in [0.1, 0.15) is 0 Å². The molecule has 8 nitrogen and oxygen atoms in total. The Bertz CT molecular complexity index is 1160. The predicted molar refractivity (Wildman–Crippen MR) is 187 cm³/mol. The van der Waals surface area contributed by atoms with Crippen LogP contribution in [0.3, 0.4) is 0 Å². The molecule has 2 N–H and O–H groups in total. The fourth-order valence-electron chi connectivity index (χ4n) is 6.27.